The van der Waals surface area contributed by atoms with Crippen molar-refractivity contribution >= 4 is 6.79 Å². The second-order valence-electron chi connectivity index (χ2n) is 2.61. The van der Waals surface area contributed by atoms with Gasteiger partial charge in [-0.25, -0.2) is 0 Å². The zero-order chi connectivity index (χ0) is 7.21. The molecule has 0 saturated carbocycles. The lowest BCUT2D eigenvalue weighted by Crippen LogP contribution is -2.33. The highest BCUT2D eigenvalue weighted by atomic mass is 16.1. The fourth-order valence-electron chi connectivity index (χ4n) is 0. The third-order valence-corrected chi connectivity index (χ3v) is 0.949. The summed E-state index contributed by atoms with van der Waals surface area (Å²) in [6, 6.07) is 0. The predicted molar refractivity (Wildman–Crippen MR) is 62.6 cm³/mol. The van der Waals surface area contributed by atoms with Crippen molar-refractivity contribution in [2.75, 3.05) is 27.7 Å². The van der Waals surface area contributed by atoms with Crippen LogP contribution in [0.3, 0.4) is 0 Å². The molecule has 82 valence electrons. The van der Waals surface area contributed by atoms with E-state index in [1.54, 1.807) is 0 Å². The summed E-state index contributed by atoms with van der Waals surface area (Å²) in [5.74, 6) is 0. The Morgan fingerprint density at radius 3 is 1.00 bits per heavy atom. The van der Waals surface area contributed by atoms with Crippen molar-refractivity contribution in [3.8, 4) is 0 Å². The Kier molecular flexibility index (Phi) is 77.5. The summed E-state index contributed by atoms with van der Waals surface area (Å²) in [4.78, 5) is 8.00. The molecule has 0 N–H and O–H groups in total. The van der Waals surface area contributed by atoms with Gasteiger partial charge in [-0.2, -0.15) is 0 Å². The maximum atomic E-state index is 8.00. The smallest absolute Gasteiger partial charge is 0.106 e. The first-order valence-electron chi connectivity index (χ1n) is 2.65. The molecule has 0 amide bonds. The molecule has 0 heterocycles. The number of carbonyl (C=O) groups excluding carboxylic acids is 1. The van der Waals surface area contributed by atoms with Crippen molar-refractivity contribution in [3.63, 3.8) is 0 Å². The van der Waals surface area contributed by atoms with Crippen LogP contribution in [0, 0.1) is 0 Å². The number of quaternary nitrogens is 1. The van der Waals surface area contributed by atoms with E-state index in [2.05, 4.69) is 28.1 Å². The van der Waals surface area contributed by atoms with Gasteiger partial charge in [-0.05, 0) is 6.92 Å². The van der Waals surface area contributed by atoms with Gasteiger partial charge in [0, 0.05) is 0 Å². The second kappa shape index (κ2) is 22.4. The van der Waals surface area contributed by atoms with Gasteiger partial charge in [-0.3, -0.25) is 0 Å². The fourth-order valence-corrected chi connectivity index (χ4v) is 0. The molecule has 0 aromatic rings. The average Bonchev–Trinajstić information content (AvgIpc) is 1.71. The van der Waals surface area contributed by atoms with E-state index in [1.807, 2.05) is 6.79 Å². The van der Waals surface area contributed by atoms with Gasteiger partial charge in [0.05, 0.1) is 27.7 Å². The third kappa shape index (κ3) is 104. The molecule has 2 heteroatoms. The van der Waals surface area contributed by atoms with Crippen LogP contribution in [0.4, 0.5) is 0 Å². The molecule has 0 aliphatic carbocycles. The number of hydrogen-bond donors (Lipinski definition) is 0. The lowest BCUT2D eigenvalue weighted by molar-refractivity contribution is -0.868. The van der Waals surface area contributed by atoms with Crippen LogP contribution >= 0.6 is 0 Å². The van der Waals surface area contributed by atoms with Gasteiger partial charge in [0.15, 0.2) is 0 Å². The van der Waals surface area contributed by atoms with E-state index in [-0.39, 0.29) is 29.7 Å². The van der Waals surface area contributed by atoms with E-state index in [4.69, 9.17) is 4.79 Å². The molecular formula is C10H32NO+. The van der Waals surface area contributed by atoms with Crippen LogP contribution in [0.15, 0.2) is 0 Å². The van der Waals surface area contributed by atoms with Crippen molar-refractivity contribution in [2.24, 2.45) is 0 Å². The van der Waals surface area contributed by atoms with Crippen LogP contribution in [0.25, 0.3) is 0 Å². The second-order valence-corrected chi connectivity index (χ2v) is 2.61. The van der Waals surface area contributed by atoms with E-state index < -0.39 is 0 Å². The third-order valence-electron chi connectivity index (χ3n) is 0.949. The number of carbonyl (C=O) groups is 1. The molecule has 2 nitrogen and oxygen atoms in total. The summed E-state index contributed by atoms with van der Waals surface area (Å²) >= 11 is 0. The van der Waals surface area contributed by atoms with Crippen LogP contribution in [-0.2, 0) is 4.79 Å². The molecule has 0 aliphatic heterocycles. The maximum absolute atomic E-state index is 8.00. The zero-order valence-corrected chi connectivity index (χ0v) is 6.27. The van der Waals surface area contributed by atoms with E-state index >= 15 is 0 Å². The normalized spacial score (nSPS) is 6.33. The number of hydrogen-bond acceptors (Lipinski definition) is 1. The number of nitrogens with zero attached hydrogens (tertiary/aromatic N) is 1. The van der Waals surface area contributed by atoms with Crippen LogP contribution in [0.2, 0.25) is 0 Å². The summed E-state index contributed by atoms with van der Waals surface area (Å²) in [5, 5.41) is 0. The van der Waals surface area contributed by atoms with E-state index in [9.17, 15) is 0 Å². The van der Waals surface area contributed by atoms with E-state index in [1.165, 1.54) is 6.54 Å². The van der Waals surface area contributed by atoms with Gasteiger partial charge in [0.1, 0.15) is 6.79 Å². The van der Waals surface area contributed by atoms with Crippen LogP contribution in [0.5, 0.6) is 0 Å². The van der Waals surface area contributed by atoms with Crippen molar-refractivity contribution in [2.45, 2.75) is 36.6 Å². The van der Waals surface area contributed by atoms with Crippen LogP contribution in [-0.4, -0.2) is 39.0 Å². The first-order chi connectivity index (χ1) is 3.56. The molecule has 0 aromatic carbocycles. The molecule has 0 aromatic heterocycles. The van der Waals surface area contributed by atoms with E-state index in [0.29, 0.717) is 0 Å². The Balaban J connectivity index is -0.0000000140. The Hall–Kier alpha value is -0.370. The van der Waals surface area contributed by atoms with Crippen molar-refractivity contribution < 1.29 is 9.28 Å². The number of rotatable bonds is 1. The minimum absolute atomic E-state index is 0. The van der Waals surface area contributed by atoms with Crippen molar-refractivity contribution in [1.29, 1.82) is 0 Å². The maximum Gasteiger partial charge on any atom is 0.106 e. The summed E-state index contributed by atoms with van der Waals surface area (Å²) in [6.07, 6.45) is 0. The summed E-state index contributed by atoms with van der Waals surface area (Å²) in [5.41, 5.74) is 0. The van der Waals surface area contributed by atoms with Crippen molar-refractivity contribution in [1.82, 2.24) is 0 Å². The fraction of sp³-hybridized carbons (Fsp3) is 0.900. The monoisotopic (exact) mass is 182 g/mol. The van der Waals surface area contributed by atoms with Gasteiger partial charge in [-0.15, -0.1) is 0 Å². The minimum Gasteiger partial charge on any atom is -0.331 e. The molecule has 0 unspecified atom stereocenters. The SMILES string of the molecule is C.C.C.C.C=O.CC[N+](C)(C)C. The topological polar surface area (TPSA) is 17.1 Å². The molecule has 0 aliphatic rings. The Morgan fingerprint density at radius 1 is 0.917 bits per heavy atom. The Morgan fingerprint density at radius 2 is 1.00 bits per heavy atom. The van der Waals surface area contributed by atoms with Gasteiger partial charge >= 0.3 is 0 Å². The lowest BCUT2D eigenvalue weighted by atomic mass is 10.6. The van der Waals surface area contributed by atoms with Crippen molar-refractivity contribution in [3.05, 3.63) is 0 Å². The van der Waals surface area contributed by atoms with Gasteiger partial charge in [-0.1, -0.05) is 29.7 Å². The standard InChI is InChI=1S/C5H14N.CH2O.4CH4/c1-5-6(2,3)4;1-2;;;;/h5H2,1-4H3;1H2;4*1H4/q+1;;;;;. The molecule has 0 radical (unpaired) electrons. The Bertz CT molecular complexity index is 48.3. The highest BCUT2D eigenvalue weighted by Gasteiger charge is 1.97. The molecule has 0 fully saturated rings. The summed E-state index contributed by atoms with van der Waals surface area (Å²) in [6.45, 7) is 5.39. The zero-order valence-electron chi connectivity index (χ0n) is 6.27. The van der Waals surface area contributed by atoms with Gasteiger partial charge in [0.2, 0.25) is 0 Å². The quantitative estimate of drug-likeness (QED) is 0.570. The molecule has 0 rings (SSSR count). The molecule has 0 atom stereocenters. The van der Waals surface area contributed by atoms with Gasteiger partial charge < -0.3 is 9.28 Å². The molecule has 12 heavy (non-hydrogen) atoms. The first kappa shape index (κ1) is 41.5. The average molecular weight is 182 g/mol. The first-order valence-corrected chi connectivity index (χ1v) is 2.65. The lowest BCUT2D eigenvalue weighted by Gasteiger charge is -2.20. The summed E-state index contributed by atoms with van der Waals surface area (Å²) in [7, 11) is 6.54. The minimum atomic E-state index is 0. The van der Waals surface area contributed by atoms with E-state index in [0.717, 1.165) is 4.48 Å². The molecule has 0 saturated heterocycles. The van der Waals surface area contributed by atoms with Crippen LogP contribution in [0.1, 0.15) is 36.6 Å². The Labute approximate surface area is 81.2 Å². The van der Waals surface area contributed by atoms with Crippen LogP contribution < -0.4 is 0 Å². The molecule has 0 bridgehead atoms. The molecule has 0 spiro atoms. The summed E-state index contributed by atoms with van der Waals surface area (Å²) < 4.78 is 1.07. The highest BCUT2D eigenvalue weighted by molar-refractivity contribution is 5.10. The largest absolute Gasteiger partial charge is 0.331 e. The highest BCUT2D eigenvalue weighted by Crippen LogP contribution is 1.83. The predicted octanol–water partition coefficient (Wildman–Crippen LogP) is 3.07. The van der Waals surface area contributed by atoms with Gasteiger partial charge in [0.25, 0.3) is 0 Å². The molecular weight excluding hydrogens is 150 g/mol.